The van der Waals surface area contributed by atoms with Crippen LogP contribution in [0.3, 0.4) is 0 Å². The van der Waals surface area contributed by atoms with Crippen molar-refractivity contribution in [3.8, 4) is 11.3 Å². The maximum Gasteiger partial charge on any atom is 0.341 e. The van der Waals surface area contributed by atoms with Gasteiger partial charge in [-0.25, -0.2) is 9.78 Å². The van der Waals surface area contributed by atoms with Gasteiger partial charge in [0, 0.05) is 0 Å². The van der Waals surface area contributed by atoms with Gasteiger partial charge in [-0.3, -0.25) is 0 Å². The molecule has 0 atom stereocenters. The molecule has 0 aliphatic rings. The second-order valence-electron chi connectivity index (χ2n) is 4.51. The molecule has 0 saturated heterocycles. The van der Waals surface area contributed by atoms with E-state index in [-0.39, 0.29) is 0 Å². The van der Waals surface area contributed by atoms with Crippen LogP contribution in [-0.2, 0) is 10.5 Å². The van der Waals surface area contributed by atoms with E-state index in [0.29, 0.717) is 17.1 Å². The van der Waals surface area contributed by atoms with E-state index in [1.165, 1.54) is 25.1 Å². The summed E-state index contributed by atoms with van der Waals surface area (Å²) in [7, 11) is 1.35. The molecule has 2 aromatic heterocycles. The summed E-state index contributed by atoms with van der Waals surface area (Å²) in [6.45, 7) is 0. The Hall–Kier alpha value is -2.47. The molecule has 5 nitrogen and oxygen atoms in total. The van der Waals surface area contributed by atoms with E-state index >= 15 is 0 Å². The van der Waals surface area contributed by atoms with Gasteiger partial charge in [-0.1, -0.05) is 42.1 Å². The number of methoxy groups -OCH3 is 1. The molecule has 0 radical (unpaired) electrons. The fourth-order valence-electron chi connectivity index (χ4n) is 2.02. The van der Waals surface area contributed by atoms with Gasteiger partial charge in [-0.15, -0.1) is 0 Å². The third kappa shape index (κ3) is 3.07. The van der Waals surface area contributed by atoms with Gasteiger partial charge in [0.1, 0.15) is 11.3 Å². The van der Waals surface area contributed by atoms with Crippen molar-refractivity contribution in [2.45, 2.75) is 10.9 Å². The van der Waals surface area contributed by atoms with Crippen LogP contribution >= 0.6 is 11.8 Å². The van der Waals surface area contributed by atoms with Crippen LogP contribution in [-0.4, -0.2) is 23.0 Å². The zero-order chi connectivity index (χ0) is 15.4. The molecule has 0 aliphatic heterocycles. The fourth-order valence-corrected chi connectivity index (χ4v) is 2.82. The monoisotopic (exact) mass is 314 g/mol. The number of esters is 1. The van der Waals surface area contributed by atoms with Gasteiger partial charge in [-0.2, -0.15) is 0 Å². The molecule has 0 saturated carbocycles. The van der Waals surface area contributed by atoms with Crippen LogP contribution in [0.2, 0.25) is 0 Å². The number of carbonyl (C=O) groups excluding carboxylic acids is 1. The molecule has 112 valence electrons. The Morgan fingerprint density at radius 3 is 2.91 bits per heavy atom. The Bertz CT molecular complexity index is 765. The number of aromatic amines is 1. The van der Waals surface area contributed by atoms with Crippen molar-refractivity contribution < 1.29 is 13.9 Å². The fraction of sp³-hybridized carbons (Fsp3) is 0.125. The number of imidazole rings is 1. The Labute approximate surface area is 131 Å². The van der Waals surface area contributed by atoms with Gasteiger partial charge in [0.2, 0.25) is 0 Å². The van der Waals surface area contributed by atoms with E-state index in [1.807, 2.05) is 30.3 Å². The highest BCUT2D eigenvalue weighted by molar-refractivity contribution is 7.98. The Morgan fingerprint density at radius 2 is 2.14 bits per heavy atom. The number of thioether (sulfide) groups is 1. The second-order valence-corrected chi connectivity index (χ2v) is 5.47. The molecule has 1 N–H and O–H groups in total. The number of nitrogens with zero attached hydrogens (tertiary/aromatic N) is 1. The summed E-state index contributed by atoms with van der Waals surface area (Å²) in [5, 5.41) is 0.770. The van der Waals surface area contributed by atoms with Gasteiger partial charge < -0.3 is 14.1 Å². The number of carbonyl (C=O) groups is 1. The number of H-pyrrole nitrogens is 1. The van der Waals surface area contributed by atoms with E-state index in [2.05, 4.69) is 9.97 Å². The van der Waals surface area contributed by atoms with Crippen LogP contribution in [0.5, 0.6) is 0 Å². The standard InChI is InChI=1S/C16H14N2O3S/c1-20-15(19)12-7-8-21-14(12)10-22-16-17-9-13(18-16)11-5-3-2-4-6-11/h2-9H,10H2,1H3,(H,17,18). The Kier molecular flexibility index (Phi) is 4.29. The number of rotatable bonds is 5. The summed E-state index contributed by atoms with van der Waals surface area (Å²) in [6.07, 6.45) is 3.28. The smallest absolute Gasteiger partial charge is 0.341 e. The molecular weight excluding hydrogens is 300 g/mol. The summed E-state index contributed by atoms with van der Waals surface area (Å²) < 4.78 is 10.1. The van der Waals surface area contributed by atoms with Crippen molar-refractivity contribution in [2.75, 3.05) is 7.11 Å². The molecule has 22 heavy (non-hydrogen) atoms. The van der Waals surface area contributed by atoms with E-state index in [0.717, 1.165) is 16.4 Å². The van der Waals surface area contributed by atoms with Crippen LogP contribution in [0.4, 0.5) is 0 Å². The van der Waals surface area contributed by atoms with Crippen LogP contribution in [0.1, 0.15) is 16.1 Å². The number of aromatic nitrogens is 2. The lowest BCUT2D eigenvalue weighted by Gasteiger charge is -2.00. The summed E-state index contributed by atoms with van der Waals surface area (Å²) in [5.74, 6) is 0.683. The molecule has 3 rings (SSSR count). The third-order valence-electron chi connectivity index (χ3n) is 3.13. The predicted molar refractivity (Wildman–Crippen MR) is 83.6 cm³/mol. The zero-order valence-electron chi connectivity index (χ0n) is 11.9. The summed E-state index contributed by atoms with van der Waals surface area (Å²) in [5.41, 5.74) is 2.48. The highest BCUT2D eigenvalue weighted by atomic mass is 32.2. The number of benzene rings is 1. The van der Waals surface area contributed by atoms with Crippen molar-refractivity contribution in [3.63, 3.8) is 0 Å². The Balaban J connectivity index is 1.69. The molecule has 0 aliphatic carbocycles. The van der Waals surface area contributed by atoms with Crippen molar-refractivity contribution in [2.24, 2.45) is 0 Å². The molecule has 0 bridgehead atoms. The second kappa shape index (κ2) is 6.53. The quantitative estimate of drug-likeness (QED) is 0.574. The van der Waals surface area contributed by atoms with E-state index in [1.54, 1.807) is 12.3 Å². The van der Waals surface area contributed by atoms with Gasteiger partial charge in [0.05, 0.1) is 31.0 Å². The van der Waals surface area contributed by atoms with E-state index < -0.39 is 5.97 Å². The summed E-state index contributed by atoms with van der Waals surface area (Å²) >= 11 is 1.47. The number of nitrogens with one attached hydrogen (secondary N) is 1. The number of ether oxygens (including phenoxy) is 1. The highest BCUT2D eigenvalue weighted by Gasteiger charge is 2.15. The van der Waals surface area contributed by atoms with Crippen molar-refractivity contribution >= 4 is 17.7 Å². The first kappa shape index (κ1) is 14.5. The van der Waals surface area contributed by atoms with E-state index in [9.17, 15) is 4.79 Å². The average molecular weight is 314 g/mol. The molecule has 6 heteroatoms. The van der Waals surface area contributed by atoms with Crippen LogP contribution in [0, 0.1) is 0 Å². The first-order valence-corrected chi connectivity index (χ1v) is 7.64. The first-order chi connectivity index (χ1) is 10.8. The SMILES string of the molecule is COC(=O)c1ccoc1CSc1ncc(-c2ccccc2)[nH]1. The molecular formula is C16H14N2O3S. The first-order valence-electron chi connectivity index (χ1n) is 6.66. The molecule has 1 aromatic carbocycles. The van der Waals surface area contributed by atoms with Crippen molar-refractivity contribution in [3.05, 3.63) is 60.2 Å². The summed E-state index contributed by atoms with van der Waals surface area (Å²) in [4.78, 5) is 19.2. The summed E-state index contributed by atoms with van der Waals surface area (Å²) in [6, 6.07) is 11.6. The largest absolute Gasteiger partial charge is 0.468 e. The zero-order valence-corrected chi connectivity index (χ0v) is 12.7. The minimum atomic E-state index is -0.395. The number of furan rings is 1. The molecule has 2 heterocycles. The van der Waals surface area contributed by atoms with Gasteiger partial charge in [-0.05, 0) is 11.6 Å². The topological polar surface area (TPSA) is 68.1 Å². The maximum atomic E-state index is 11.6. The van der Waals surface area contributed by atoms with Gasteiger partial charge >= 0.3 is 5.97 Å². The lowest BCUT2D eigenvalue weighted by molar-refractivity contribution is 0.0598. The molecule has 0 spiro atoms. The Morgan fingerprint density at radius 1 is 1.32 bits per heavy atom. The molecule has 0 fully saturated rings. The molecule has 3 aromatic rings. The third-order valence-corrected chi connectivity index (χ3v) is 4.02. The van der Waals surface area contributed by atoms with Gasteiger partial charge in [0.25, 0.3) is 0 Å². The van der Waals surface area contributed by atoms with Crippen LogP contribution in [0.25, 0.3) is 11.3 Å². The highest BCUT2D eigenvalue weighted by Crippen LogP contribution is 2.25. The van der Waals surface area contributed by atoms with Crippen molar-refractivity contribution in [1.29, 1.82) is 0 Å². The minimum Gasteiger partial charge on any atom is -0.468 e. The van der Waals surface area contributed by atoms with Crippen molar-refractivity contribution in [1.82, 2.24) is 9.97 Å². The average Bonchev–Trinajstić information content (AvgIpc) is 3.22. The van der Waals surface area contributed by atoms with Gasteiger partial charge in [0.15, 0.2) is 5.16 Å². The maximum absolute atomic E-state index is 11.6. The number of hydrogen-bond donors (Lipinski definition) is 1. The lowest BCUT2D eigenvalue weighted by Crippen LogP contribution is -2.02. The lowest BCUT2D eigenvalue weighted by atomic mass is 10.2. The van der Waals surface area contributed by atoms with Crippen LogP contribution in [0.15, 0.2) is 58.4 Å². The minimum absolute atomic E-state index is 0.395. The van der Waals surface area contributed by atoms with E-state index in [4.69, 9.17) is 9.15 Å². The predicted octanol–water partition coefficient (Wildman–Crippen LogP) is 3.75. The normalized spacial score (nSPS) is 10.6. The number of hydrogen-bond acceptors (Lipinski definition) is 5. The van der Waals surface area contributed by atoms with Crippen LogP contribution < -0.4 is 0 Å². The molecule has 0 unspecified atom stereocenters. The molecule has 0 amide bonds.